The third-order valence-electron chi connectivity index (χ3n) is 2.82. The van der Waals surface area contributed by atoms with E-state index in [4.69, 9.17) is 0 Å². The van der Waals surface area contributed by atoms with Crippen molar-refractivity contribution in [2.24, 2.45) is 0 Å². The zero-order valence-electron chi connectivity index (χ0n) is 12.5. The molecule has 0 spiro atoms. The third-order valence-corrected chi connectivity index (χ3v) is 3.33. The third kappa shape index (κ3) is 5.42. The second-order valence-electron chi connectivity index (χ2n) is 4.61. The Morgan fingerprint density at radius 2 is 1.08 bits per heavy atom. The summed E-state index contributed by atoms with van der Waals surface area (Å²) in [6, 6.07) is 1.80. The van der Waals surface area contributed by atoms with Crippen LogP contribution in [0.25, 0.3) is 0 Å². The van der Waals surface area contributed by atoms with Crippen molar-refractivity contribution in [2.75, 3.05) is 5.33 Å². The van der Waals surface area contributed by atoms with Crippen molar-refractivity contribution in [3.05, 3.63) is 70.3 Å². The maximum Gasteiger partial charge on any atom is 0.176 e. The van der Waals surface area contributed by atoms with Crippen LogP contribution < -0.4 is 0 Å². The van der Waals surface area contributed by atoms with Gasteiger partial charge < -0.3 is 0 Å². The quantitative estimate of drug-likeness (QED) is 0.300. The minimum atomic E-state index is -1.30. The average molecular weight is 427 g/mol. The topological polar surface area (TPSA) is 34.1 Å². The Morgan fingerprint density at radius 1 is 0.720 bits per heavy atom. The maximum atomic E-state index is 12.8. The van der Waals surface area contributed by atoms with Gasteiger partial charge in [0.05, 0.1) is 16.5 Å². The minimum Gasteiger partial charge on any atom is -0.294 e. The summed E-state index contributed by atoms with van der Waals surface area (Å²) in [4.78, 5) is 21.5. The number of hydrogen-bond acceptors (Lipinski definition) is 2. The summed E-state index contributed by atoms with van der Waals surface area (Å²) in [6.45, 7) is 1.08. The van der Waals surface area contributed by atoms with Crippen LogP contribution in [-0.2, 0) is 0 Å². The molecule has 0 heterocycles. The van der Waals surface area contributed by atoms with Crippen molar-refractivity contribution in [3.63, 3.8) is 0 Å². The van der Waals surface area contributed by atoms with Crippen molar-refractivity contribution in [3.8, 4) is 0 Å². The van der Waals surface area contributed by atoms with Gasteiger partial charge >= 0.3 is 0 Å². The zero-order chi connectivity index (χ0) is 19.3. The lowest BCUT2D eigenvalue weighted by Crippen LogP contribution is -2.05. The highest BCUT2D eigenvalue weighted by molar-refractivity contribution is 9.09. The van der Waals surface area contributed by atoms with Gasteiger partial charge in [0.25, 0.3) is 0 Å². The summed E-state index contributed by atoms with van der Waals surface area (Å²) in [5.41, 5.74) is -0.885. The normalized spacial score (nSPS) is 10.1. The lowest BCUT2D eigenvalue weighted by molar-refractivity contribution is 0.100. The molecule has 0 aliphatic rings. The molecule has 0 saturated heterocycles. The molecule has 9 heteroatoms. The Morgan fingerprint density at radius 3 is 1.48 bits per heavy atom. The molecule has 0 saturated carbocycles. The molecular formula is C16H9BrF6O2. The Balaban J connectivity index is 0.000000251. The molecule has 2 nitrogen and oxygen atoms in total. The van der Waals surface area contributed by atoms with Gasteiger partial charge in [-0.15, -0.1) is 0 Å². The van der Waals surface area contributed by atoms with E-state index in [0.29, 0.717) is 24.3 Å². The first-order chi connectivity index (χ1) is 11.6. The number of benzene rings is 2. The fourth-order valence-corrected chi connectivity index (χ4v) is 1.90. The molecule has 2 aromatic rings. The van der Waals surface area contributed by atoms with E-state index in [9.17, 15) is 35.9 Å². The van der Waals surface area contributed by atoms with Gasteiger partial charge in [0, 0.05) is 12.1 Å². The monoisotopic (exact) mass is 426 g/mol. The van der Waals surface area contributed by atoms with Crippen molar-refractivity contribution in [2.45, 2.75) is 6.92 Å². The number of halogens is 7. The molecule has 25 heavy (non-hydrogen) atoms. The molecule has 0 aliphatic heterocycles. The highest BCUT2D eigenvalue weighted by atomic mass is 79.9. The van der Waals surface area contributed by atoms with Gasteiger partial charge in [0.15, 0.2) is 34.8 Å². The Kier molecular flexibility index (Phi) is 7.35. The number of ketones is 2. The lowest BCUT2D eigenvalue weighted by Gasteiger charge is -2.00. The van der Waals surface area contributed by atoms with Crippen LogP contribution in [0.4, 0.5) is 26.3 Å². The molecule has 0 unspecified atom stereocenters. The summed E-state index contributed by atoms with van der Waals surface area (Å²) in [5, 5.41) is -0.130. The predicted molar refractivity (Wildman–Crippen MR) is 80.8 cm³/mol. The number of alkyl halides is 1. The SMILES string of the molecule is CC(=O)c1cc(F)c(F)cc1F.O=C(CBr)c1cc(F)c(F)cc1F. The second kappa shape index (κ2) is 8.80. The molecule has 0 aromatic heterocycles. The molecule has 0 radical (unpaired) electrons. The van der Waals surface area contributed by atoms with Crippen LogP contribution in [0.15, 0.2) is 24.3 Å². The summed E-state index contributed by atoms with van der Waals surface area (Å²) in [6.07, 6.45) is 0. The fraction of sp³-hybridized carbons (Fsp3) is 0.125. The summed E-state index contributed by atoms with van der Waals surface area (Å²) in [7, 11) is 0. The largest absolute Gasteiger partial charge is 0.294 e. The Labute approximate surface area is 146 Å². The van der Waals surface area contributed by atoms with Gasteiger partial charge in [-0.3, -0.25) is 9.59 Å². The first-order valence-electron chi connectivity index (χ1n) is 6.47. The smallest absolute Gasteiger partial charge is 0.176 e. The van der Waals surface area contributed by atoms with E-state index in [2.05, 4.69) is 15.9 Å². The number of hydrogen-bond donors (Lipinski definition) is 0. The first-order valence-corrected chi connectivity index (χ1v) is 7.59. The van der Waals surface area contributed by atoms with Gasteiger partial charge in [-0.2, -0.15) is 0 Å². The molecular weight excluding hydrogens is 418 g/mol. The van der Waals surface area contributed by atoms with E-state index in [1.807, 2.05) is 0 Å². The van der Waals surface area contributed by atoms with Crippen LogP contribution in [0, 0.1) is 34.9 Å². The molecule has 0 fully saturated rings. The maximum absolute atomic E-state index is 12.8. The van der Waals surface area contributed by atoms with E-state index >= 15 is 0 Å². The average Bonchev–Trinajstić information content (AvgIpc) is 2.54. The van der Waals surface area contributed by atoms with E-state index in [1.165, 1.54) is 0 Å². The molecule has 0 N–H and O–H groups in total. The highest BCUT2D eigenvalue weighted by Crippen LogP contribution is 2.15. The van der Waals surface area contributed by atoms with Crippen molar-refractivity contribution in [1.29, 1.82) is 0 Å². The van der Waals surface area contributed by atoms with Crippen LogP contribution >= 0.6 is 15.9 Å². The van der Waals surface area contributed by atoms with Crippen molar-refractivity contribution in [1.82, 2.24) is 0 Å². The van der Waals surface area contributed by atoms with Gasteiger partial charge in [-0.05, 0) is 19.1 Å². The van der Waals surface area contributed by atoms with Crippen molar-refractivity contribution < 1.29 is 35.9 Å². The Hall–Kier alpha value is -2.16. The van der Waals surface area contributed by atoms with E-state index in [1.54, 1.807) is 0 Å². The number of rotatable bonds is 3. The fourth-order valence-electron chi connectivity index (χ4n) is 1.60. The van der Waals surface area contributed by atoms with E-state index in [-0.39, 0.29) is 5.33 Å². The first kappa shape index (κ1) is 20.9. The number of carbonyl (C=O) groups is 2. The van der Waals surface area contributed by atoms with Gasteiger partial charge in [0.1, 0.15) is 11.6 Å². The molecule has 0 amide bonds. The molecule has 2 rings (SSSR count). The van der Waals surface area contributed by atoms with E-state index < -0.39 is 57.6 Å². The Bertz CT molecular complexity index is 823. The van der Waals surface area contributed by atoms with Crippen LogP contribution in [0.2, 0.25) is 0 Å². The summed E-state index contributed by atoms with van der Waals surface area (Å²) in [5.74, 6) is -8.40. The zero-order valence-corrected chi connectivity index (χ0v) is 14.1. The van der Waals surface area contributed by atoms with Crippen LogP contribution in [-0.4, -0.2) is 16.9 Å². The van der Waals surface area contributed by atoms with Gasteiger partial charge in [0.2, 0.25) is 0 Å². The summed E-state index contributed by atoms with van der Waals surface area (Å²) >= 11 is 2.80. The van der Waals surface area contributed by atoms with E-state index in [0.717, 1.165) is 6.92 Å². The highest BCUT2D eigenvalue weighted by Gasteiger charge is 2.15. The molecule has 0 atom stereocenters. The molecule has 134 valence electrons. The number of Topliss-reactive ketones (excluding diaryl/α,β-unsaturated/α-hetero) is 2. The van der Waals surface area contributed by atoms with Crippen LogP contribution in [0.5, 0.6) is 0 Å². The van der Waals surface area contributed by atoms with Crippen LogP contribution in [0.1, 0.15) is 27.6 Å². The summed E-state index contributed by atoms with van der Waals surface area (Å²) < 4.78 is 75.1. The second-order valence-corrected chi connectivity index (χ2v) is 5.17. The van der Waals surface area contributed by atoms with Crippen molar-refractivity contribution >= 4 is 27.5 Å². The lowest BCUT2D eigenvalue weighted by atomic mass is 10.1. The van der Waals surface area contributed by atoms with Crippen LogP contribution in [0.3, 0.4) is 0 Å². The molecule has 2 aromatic carbocycles. The standard InChI is InChI=1S/C8H4BrF3O.C8H5F3O/c9-3-8(13)4-1-6(11)7(12)2-5(4)10;1-4(12)5-2-7(10)8(11)3-6(5)9/h1-2H,3H2;2-3H,1H3. The predicted octanol–water partition coefficient (Wildman–Crippen LogP) is 4.99. The van der Waals surface area contributed by atoms with Gasteiger partial charge in [-0.25, -0.2) is 26.3 Å². The molecule has 0 bridgehead atoms. The minimum absolute atomic E-state index is 0.130. The number of carbonyl (C=O) groups excluding carboxylic acids is 2. The molecule has 0 aliphatic carbocycles. The van der Waals surface area contributed by atoms with Gasteiger partial charge in [-0.1, -0.05) is 15.9 Å².